The predicted octanol–water partition coefficient (Wildman–Crippen LogP) is 13.7. The summed E-state index contributed by atoms with van der Waals surface area (Å²) in [4.78, 5) is 13.0. The van der Waals surface area contributed by atoms with Gasteiger partial charge in [0.1, 0.15) is 24.4 Å². The van der Waals surface area contributed by atoms with E-state index in [2.05, 4.69) is 55.6 Å². The summed E-state index contributed by atoms with van der Waals surface area (Å²) in [6.07, 6.45) is 56.4. The molecule has 9 heteroatoms. The summed E-state index contributed by atoms with van der Waals surface area (Å²) in [5.74, 6) is -0.177. The lowest BCUT2D eigenvalue weighted by Crippen LogP contribution is -2.60. The highest BCUT2D eigenvalue weighted by atomic mass is 16.7. The average Bonchev–Trinajstić information content (AvgIpc) is 3.33. The highest BCUT2D eigenvalue weighted by Crippen LogP contribution is 2.23. The Labute approximate surface area is 412 Å². The van der Waals surface area contributed by atoms with Crippen LogP contribution in [0.1, 0.15) is 258 Å². The van der Waals surface area contributed by atoms with Crippen LogP contribution in [-0.2, 0) is 14.3 Å². The molecular formula is C58H107NO8. The number of aliphatic hydroxyl groups is 5. The van der Waals surface area contributed by atoms with Gasteiger partial charge in [0.2, 0.25) is 5.91 Å². The fourth-order valence-electron chi connectivity index (χ4n) is 8.87. The lowest BCUT2D eigenvalue weighted by atomic mass is 9.99. The minimum atomic E-state index is -1.56. The molecule has 1 rings (SSSR count). The van der Waals surface area contributed by atoms with Crippen molar-refractivity contribution in [3.05, 3.63) is 48.6 Å². The Hall–Kier alpha value is -1.85. The molecule has 0 spiro atoms. The van der Waals surface area contributed by atoms with Gasteiger partial charge in [0.05, 0.1) is 25.4 Å². The van der Waals surface area contributed by atoms with Crippen molar-refractivity contribution in [1.82, 2.24) is 5.32 Å². The standard InChI is InChI=1S/C58H107NO8/c1-3-5-7-9-11-13-14-15-16-17-18-19-20-21-22-23-24-25-26-27-28-29-30-31-32-33-34-35-36-37-38-40-42-44-46-48-54(62)59-51(52(61)47-45-43-41-39-12-10-8-6-4-2)50-66-58-57(65)56(64)55(63)53(49-60)67-58/h14-15,17-18,20-21,45,47,51-53,55-58,60-61,63-65H,3-13,16,19,22-44,46,48-50H2,1-2H3,(H,59,62)/b15-14-,18-17-,21-20-,47-45+. The van der Waals surface area contributed by atoms with E-state index >= 15 is 0 Å². The van der Waals surface area contributed by atoms with Crippen LogP contribution in [-0.4, -0.2) is 87.5 Å². The third-order valence-electron chi connectivity index (χ3n) is 13.4. The van der Waals surface area contributed by atoms with E-state index in [0.717, 1.165) is 51.4 Å². The Balaban J connectivity index is 2.05. The van der Waals surface area contributed by atoms with Crippen LogP contribution in [0.5, 0.6) is 0 Å². The summed E-state index contributed by atoms with van der Waals surface area (Å²) >= 11 is 0. The van der Waals surface area contributed by atoms with Crippen molar-refractivity contribution in [2.45, 2.75) is 301 Å². The number of nitrogens with one attached hydrogen (secondary N) is 1. The summed E-state index contributed by atoms with van der Waals surface area (Å²) in [5, 5.41) is 54.2. The molecule has 0 aliphatic carbocycles. The Morgan fingerprint density at radius 3 is 1.30 bits per heavy atom. The van der Waals surface area contributed by atoms with Crippen molar-refractivity contribution in [1.29, 1.82) is 0 Å². The van der Waals surface area contributed by atoms with Gasteiger partial charge in [-0.1, -0.05) is 242 Å². The van der Waals surface area contributed by atoms with Crippen LogP contribution in [0.15, 0.2) is 48.6 Å². The fourth-order valence-corrected chi connectivity index (χ4v) is 8.87. The van der Waals surface area contributed by atoms with Gasteiger partial charge < -0.3 is 40.3 Å². The zero-order valence-corrected chi connectivity index (χ0v) is 43.4. The van der Waals surface area contributed by atoms with Crippen LogP contribution >= 0.6 is 0 Å². The van der Waals surface area contributed by atoms with E-state index in [1.54, 1.807) is 6.08 Å². The van der Waals surface area contributed by atoms with Crippen molar-refractivity contribution < 1.29 is 39.8 Å². The maximum absolute atomic E-state index is 13.0. The van der Waals surface area contributed by atoms with E-state index in [1.807, 2.05) is 6.08 Å². The molecule has 0 aromatic carbocycles. The first-order valence-electron chi connectivity index (χ1n) is 28.4. The molecule has 9 nitrogen and oxygen atoms in total. The molecule has 0 aromatic rings. The zero-order chi connectivity index (χ0) is 48.7. The van der Waals surface area contributed by atoms with E-state index in [-0.39, 0.29) is 12.5 Å². The summed E-state index contributed by atoms with van der Waals surface area (Å²) in [7, 11) is 0. The van der Waals surface area contributed by atoms with Gasteiger partial charge in [-0.05, 0) is 57.8 Å². The molecule has 1 aliphatic rings. The first-order valence-corrected chi connectivity index (χ1v) is 28.4. The van der Waals surface area contributed by atoms with Gasteiger partial charge in [-0.15, -0.1) is 0 Å². The molecule has 1 heterocycles. The lowest BCUT2D eigenvalue weighted by molar-refractivity contribution is -0.302. The Morgan fingerprint density at radius 1 is 0.507 bits per heavy atom. The van der Waals surface area contributed by atoms with Gasteiger partial charge in [-0.25, -0.2) is 0 Å². The highest BCUT2D eigenvalue weighted by molar-refractivity contribution is 5.76. The van der Waals surface area contributed by atoms with Crippen molar-refractivity contribution >= 4 is 5.91 Å². The topological polar surface area (TPSA) is 149 Å². The van der Waals surface area contributed by atoms with Gasteiger partial charge in [-0.3, -0.25) is 4.79 Å². The molecule has 0 aromatic heterocycles. The molecule has 7 atom stereocenters. The molecule has 1 aliphatic heterocycles. The quantitative estimate of drug-likeness (QED) is 0.0261. The number of carbonyl (C=O) groups excluding carboxylic acids is 1. The monoisotopic (exact) mass is 946 g/mol. The van der Waals surface area contributed by atoms with Gasteiger partial charge in [0.15, 0.2) is 6.29 Å². The van der Waals surface area contributed by atoms with Gasteiger partial charge in [0, 0.05) is 6.42 Å². The lowest BCUT2D eigenvalue weighted by Gasteiger charge is -2.40. The number of unbranched alkanes of at least 4 members (excludes halogenated alkanes) is 32. The van der Waals surface area contributed by atoms with Crippen molar-refractivity contribution in [3.63, 3.8) is 0 Å². The van der Waals surface area contributed by atoms with Crippen molar-refractivity contribution in [2.75, 3.05) is 13.2 Å². The SMILES string of the molecule is CCCCCCC/C=C\C/C=C\C/C=C\CCCCCCCCCCCCCCCCCCCCCCC(=O)NC(COC1OC(CO)C(O)C(O)C1O)C(O)/C=C/CCCCCCCCC. The maximum Gasteiger partial charge on any atom is 0.220 e. The molecule has 0 bridgehead atoms. The number of hydrogen-bond donors (Lipinski definition) is 6. The summed E-state index contributed by atoms with van der Waals surface area (Å²) in [6.45, 7) is 3.74. The van der Waals surface area contributed by atoms with E-state index in [1.165, 1.54) is 186 Å². The van der Waals surface area contributed by atoms with Crippen LogP contribution in [0, 0.1) is 0 Å². The minimum Gasteiger partial charge on any atom is -0.394 e. The van der Waals surface area contributed by atoms with Crippen LogP contribution in [0.3, 0.4) is 0 Å². The predicted molar refractivity (Wildman–Crippen MR) is 281 cm³/mol. The molecule has 1 fully saturated rings. The largest absolute Gasteiger partial charge is 0.394 e. The molecule has 7 unspecified atom stereocenters. The van der Waals surface area contributed by atoms with Gasteiger partial charge in [0.25, 0.3) is 0 Å². The summed E-state index contributed by atoms with van der Waals surface area (Å²) < 4.78 is 11.2. The normalized spacial score (nSPS) is 20.0. The molecule has 392 valence electrons. The van der Waals surface area contributed by atoms with E-state index in [9.17, 15) is 30.3 Å². The number of rotatable bonds is 48. The van der Waals surface area contributed by atoms with Crippen LogP contribution in [0.25, 0.3) is 0 Å². The summed E-state index contributed by atoms with van der Waals surface area (Å²) in [6, 6.07) is -0.802. The molecule has 1 amide bonds. The second kappa shape index (κ2) is 47.8. The molecule has 0 radical (unpaired) electrons. The smallest absolute Gasteiger partial charge is 0.220 e. The number of aliphatic hydroxyl groups excluding tert-OH is 5. The maximum atomic E-state index is 13.0. The Morgan fingerprint density at radius 2 is 0.881 bits per heavy atom. The average molecular weight is 946 g/mol. The summed E-state index contributed by atoms with van der Waals surface area (Å²) in [5.41, 5.74) is 0. The molecule has 0 saturated carbocycles. The zero-order valence-electron chi connectivity index (χ0n) is 43.4. The van der Waals surface area contributed by atoms with E-state index < -0.39 is 49.5 Å². The second-order valence-electron chi connectivity index (χ2n) is 19.7. The number of amides is 1. The molecule has 1 saturated heterocycles. The molecule has 6 N–H and O–H groups in total. The number of hydrogen-bond acceptors (Lipinski definition) is 8. The van der Waals surface area contributed by atoms with E-state index in [4.69, 9.17) is 9.47 Å². The highest BCUT2D eigenvalue weighted by Gasteiger charge is 2.44. The molecule has 67 heavy (non-hydrogen) atoms. The fraction of sp³-hybridized carbons (Fsp3) is 0.845. The van der Waals surface area contributed by atoms with Gasteiger partial charge >= 0.3 is 0 Å². The third-order valence-corrected chi connectivity index (χ3v) is 13.4. The first kappa shape index (κ1) is 63.2. The number of allylic oxidation sites excluding steroid dienone is 7. The van der Waals surface area contributed by atoms with Crippen molar-refractivity contribution in [2.24, 2.45) is 0 Å². The number of carbonyl (C=O) groups is 1. The minimum absolute atomic E-state index is 0.177. The number of ether oxygens (including phenoxy) is 2. The van der Waals surface area contributed by atoms with Crippen molar-refractivity contribution in [3.8, 4) is 0 Å². The first-order chi connectivity index (χ1) is 32.8. The Kier molecular flexibility index (Phi) is 45.1. The third kappa shape index (κ3) is 37.6. The van der Waals surface area contributed by atoms with Crippen LogP contribution < -0.4 is 5.32 Å². The second-order valence-corrected chi connectivity index (χ2v) is 19.7. The van der Waals surface area contributed by atoms with Crippen LogP contribution in [0.4, 0.5) is 0 Å². The molecular weight excluding hydrogens is 839 g/mol. The Bertz CT molecular complexity index is 1190. The van der Waals surface area contributed by atoms with E-state index in [0.29, 0.717) is 6.42 Å². The van der Waals surface area contributed by atoms with Crippen LogP contribution in [0.2, 0.25) is 0 Å². The van der Waals surface area contributed by atoms with Gasteiger partial charge in [-0.2, -0.15) is 0 Å².